The number of phenolic OH excluding ortho intramolecular Hbond substituents is 1. The normalized spacial score (nSPS) is 26.4. The van der Waals surface area contributed by atoms with E-state index < -0.39 is 30.1 Å². The number of aromatic hydroxyl groups is 1. The fourth-order valence-corrected chi connectivity index (χ4v) is 3.06. The van der Waals surface area contributed by atoms with E-state index in [0.717, 1.165) is 0 Å². The molecule has 0 unspecified atom stereocenters. The standard InChI is InChI=1S/C24H30O8/c1-14-9-10-20(27)23(29)19(26)8-4-7-17-12-18(31-11-5-6-15(2)25)13-21(28)22(17)24(30)32-16(14)3/h4,7,9-10,12-14,16,19,23,26,28-29H,5-6,8,11H2,1-3H3/b7-4+,10-9-/t14-,16+,19+,23+/m1/s1. The van der Waals surface area contributed by atoms with Crippen LogP contribution in [0.4, 0.5) is 0 Å². The first-order valence-corrected chi connectivity index (χ1v) is 10.5. The molecular formula is C24H30O8. The summed E-state index contributed by atoms with van der Waals surface area (Å²) in [5.74, 6) is -1.75. The molecule has 1 heterocycles. The number of aliphatic hydroxyl groups excluding tert-OH is 2. The van der Waals surface area contributed by atoms with Crippen LogP contribution >= 0.6 is 0 Å². The maximum atomic E-state index is 12.8. The Bertz CT molecular complexity index is 902. The Kier molecular flexibility index (Phi) is 9.16. The van der Waals surface area contributed by atoms with Crippen LogP contribution in [0.15, 0.2) is 30.4 Å². The lowest BCUT2D eigenvalue weighted by atomic mass is 9.99. The van der Waals surface area contributed by atoms with Gasteiger partial charge in [-0.2, -0.15) is 0 Å². The summed E-state index contributed by atoms with van der Waals surface area (Å²) in [6.07, 6.45) is 2.88. The van der Waals surface area contributed by atoms with Crippen LogP contribution < -0.4 is 4.74 Å². The molecule has 4 atom stereocenters. The van der Waals surface area contributed by atoms with Gasteiger partial charge < -0.3 is 29.6 Å². The monoisotopic (exact) mass is 446 g/mol. The van der Waals surface area contributed by atoms with Crippen molar-refractivity contribution in [2.45, 2.75) is 58.3 Å². The largest absolute Gasteiger partial charge is 0.507 e. The molecule has 0 amide bonds. The molecule has 1 aromatic carbocycles. The maximum Gasteiger partial charge on any atom is 0.342 e. The number of aliphatic hydroxyl groups is 2. The molecule has 0 spiro atoms. The molecule has 0 radical (unpaired) electrons. The van der Waals surface area contributed by atoms with Crippen LogP contribution in [-0.4, -0.2) is 57.8 Å². The number of hydrogen-bond donors (Lipinski definition) is 3. The summed E-state index contributed by atoms with van der Waals surface area (Å²) in [6, 6.07) is 2.84. The number of ether oxygens (including phenoxy) is 2. The van der Waals surface area contributed by atoms with Crippen molar-refractivity contribution in [2.75, 3.05) is 6.61 Å². The minimum atomic E-state index is -1.59. The molecule has 0 fully saturated rings. The second-order valence-electron chi connectivity index (χ2n) is 7.94. The van der Waals surface area contributed by atoms with E-state index in [-0.39, 0.29) is 41.6 Å². The summed E-state index contributed by atoms with van der Waals surface area (Å²) in [6.45, 7) is 5.12. The van der Waals surface area contributed by atoms with Crippen molar-refractivity contribution in [3.8, 4) is 11.5 Å². The van der Waals surface area contributed by atoms with Gasteiger partial charge in [-0.1, -0.05) is 25.2 Å². The molecule has 8 heteroatoms. The molecule has 8 nitrogen and oxygen atoms in total. The van der Waals surface area contributed by atoms with Gasteiger partial charge in [-0.05, 0) is 44.4 Å². The zero-order chi connectivity index (χ0) is 23.8. The Morgan fingerprint density at radius 3 is 2.59 bits per heavy atom. The molecule has 3 N–H and O–H groups in total. The maximum absolute atomic E-state index is 12.8. The lowest BCUT2D eigenvalue weighted by molar-refractivity contribution is -0.127. The highest BCUT2D eigenvalue weighted by Gasteiger charge is 2.25. The highest BCUT2D eigenvalue weighted by atomic mass is 16.5. The van der Waals surface area contributed by atoms with Gasteiger partial charge in [0.2, 0.25) is 0 Å². The number of ketones is 2. The van der Waals surface area contributed by atoms with Crippen LogP contribution in [0.1, 0.15) is 56.0 Å². The SMILES string of the molecule is CC(=O)CCCOc1cc(O)c2c(c1)/C=C/C[C@H](O)[C@H](O)C(=O)/C=C\[C@@H](C)[C@H](C)OC2=O. The number of phenols is 1. The molecule has 1 aliphatic rings. The van der Waals surface area contributed by atoms with Crippen LogP contribution in [0, 0.1) is 5.92 Å². The number of fused-ring (bicyclic) bond motifs is 1. The number of Topliss-reactive ketones (excluding diaryl/α,β-unsaturated/α-hetero) is 1. The summed E-state index contributed by atoms with van der Waals surface area (Å²) in [7, 11) is 0. The minimum Gasteiger partial charge on any atom is -0.507 e. The van der Waals surface area contributed by atoms with E-state index in [2.05, 4.69) is 0 Å². The Balaban J connectivity index is 2.38. The molecule has 174 valence electrons. The van der Waals surface area contributed by atoms with Crippen molar-refractivity contribution >= 4 is 23.6 Å². The number of carbonyl (C=O) groups excluding carboxylic acids is 3. The molecular weight excluding hydrogens is 416 g/mol. The fourth-order valence-electron chi connectivity index (χ4n) is 3.06. The number of esters is 1. The van der Waals surface area contributed by atoms with Gasteiger partial charge in [-0.25, -0.2) is 4.79 Å². The quantitative estimate of drug-likeness (QED) is 0.465. The number of cyclic esters (lactones) is 1. The first-order valence-electron chi connectivity index (χ1n) is 10.5. The average molecular weight is 446 g/mol. The van der Waals surface area contributed by atoms with Crippen molar-refractivity contribution in [2.24, 2.45) is 5.92 Å². The predicted octanol–water partition coefficient (Wildman–Crippen LogP) is 2.59. The number of benzene rings is 1. The van der Waals surface area contributed by atoms with Gasteiger partial charge in [0.1, 0.15) is 35.1 Å². The third-order valence-corrected chi connectivity index (χ3v) is 5.20. The molecule has 0 aromatic heterocycles. The molecule has 2 rings (SSSR count). The van der Waals surface area contributed by atoms with Crippen molar-refractivity contribution < 1.29 is 39.2 Å². The minimum absolute atomic E-state index is 0.0451. The van der Waals surface area contributed by atoms with E-state index in [1.54, 1.807) is 13.8 Å². The molecule has 32 heavy (non-hydrogen) atoms. The second-order valence-corrected chi connectivity index (χ2v) is 7.94. The molecule has 0 saturated heterocycles. The molecule has 0 aliphatic carbocycles. The van der Waals surface area contributed by atoms with Crippen molar-refractivity contribution in [3.05, 3.63) is 41.5 Å². The van der Waals surface area contributed by atoms with Crippen molar-refractivity contribution in [1.82, 2.24) is 0 Å². The smallest absolute Gasteiger partial charge is 0.342 e. The van der Waals surface area contributed by atoms with Gasteiger partial charge in [0.15, 0.2) is 5.78 Å². The predicted molar refractivity (Wildman–Crippen MR) is 117 cm³/mol. The topological polar surface area (TPSA) is 130 Å². The first-order chi connectivity index (χ1) is 15.1. The Morgan fingerprint density at radius 2 is 1.91 bits per heavy atom. The fraction of sp³-hybridized carbons (Fsp3) is 0.458. The summed E-state index contributed by atoms with van der Waals surface area (Å²) < 4.78 is 11.1. The summed E-state index contributed by atoms with van der Waals surface area (Å²) in [5.41, 5.74) is 0.223. The lowest BCUT2D eigenvalue weighted by Crippen LogP contribution is -2.32. The van der Waals surface area contributed by atoms with Gasteiger partial charge in [0.05, 0.1) is 12.7 Å². The third-order valence-electron chi connectivity index (χ3n) is 5.20. The average Bonchev–Trinajstić information content (AvgIpc) is 2.72. The summed E-state index contributed by atoms with van der Waals surface area (Å²) in [5, 5.41) is 30.7. The van der Waals surface area contributed by atoms with Crippen LogP contribution in [0.25, 0.3) is 6.08 Å². The van der Waals surface area contributed by atoms with E-state index in [4.69, 9.17) is 9.47 Å². The van der Waals surface area contributed by atoms with E-state index in [1.165, 1.54) is 43.4 Å². The van der Waals surface area contributed by atoms with Gasteiger partial charge >= 0.3 is 5.97 Å². The van der Waals surface area contributed by atoms with Crippen LogP contribution in [0.3, 0.4) is 0 Å². The highest BCUT2D eigenvalue weighted by Crippen LogP contribution is 2.31. The summed E-state index contributed by atoms with van der Waals surface area (Å²) >= 11 is 0. The van der Waals surface area contributed by atoms with Crippen molar-refractivity contribution in [1.29, 1.82) is 0 Å². The third kappa shape index (κ3) is 7.03. The first kappa shape index (κ1) is 25.3. The van der Waals surface area contributed by atoms with Gasteiger partial charge in [0.25, 0.3) is 0 Å². The van der Waals surface area contributed by atoms with Gasteiger partial charge in [0, 0.05) is 18.4 Å². The molecule has 0 saturated carbocycles. The molecule has 1 aromatic rings. The van der Waals surface area contributed by atoms with Gasteiger partial charge in [-0.3, -0.25) is 4.79 Å². The highest BCUT2D eigenvalue weighted by molar-refractivity contribution is 5.97. The number of hydrogen-bond acceptors (Lipinski definition) is 8. The number of rotatable bonds is 5. The van der Waals surface area contributed by atoms with E-state index in [0.29, 0.717) is 18.6 Å². The van der Waals surface area contributed by atoms with Crippen molar-refractivity contribution in [3.63, 3.8) is 0 Å². The second kappa shape index (κ2) is 11.6. The Hall–Kier alpha value is -2.97. The Morgan fingerprint density at radius 1 is 1.19 bits per heavy atom. The zero-order valence-electron chi connectivity index (χ0n) is 18.5. The van der Waals surface area contributed by atoms with Crippen LogP contribution in [-0.2, 0) is 14.3 Å². The zero-order valence-corrected chi connectivity index (χ0v) is 18.5. The van der Waals surface area contributed by atoms with Crippen LogP contribution in [0.2, 0.25) is 0 Å². The molecule has 1 aliphatic heterocycles. The van der Waals surface area contributed by atoms with Crippen LogP contribution in [0.5, 0.6) is 11.5 Å². The lowest BCUT2D eigenvalue weighted by Gasteiger charge is -2.20. The van der Waals surface area contributed by atoms with E-state index in [1.807, 2.05) is 0 Å². The number of carbonyl (C=O) groups is 3. The summed E-state index contributed by atoms with van der Waals surface area (Å²) in [4.78, 5) is 35.9. The molecule has 0 bridgehead atoms. The Labute approximate surface area is 187 Å². The van der Waals surface area contributed by atoms with E-state index >= 15 is 0 Å². The van der Waals surface area contributed by atoms with E-state index in [9.17, 15) is 29.7 Å². The van der Waals surface area contributed by atoms with Gasteiger partial charge in [-0.15, -0.1) is 0 Å².